The monoisotopic (exact) mass is 946 g/mol. The number of aromatic nitrogens is 2. The van der Waals surface area contributed by atoms with Crippen molar-refractivity contribution < 1.29 is 47.6 Å². The first-order valence-electron chi connectivity index (χ1n) is 22.0. The van der Waals surface area contributed by atoms with Gasteiger partial charge in [0.15, 0.2) is 0 Å². The van der Waals surface area contributed by atoms with Crippen molar-refractivity contribution in [3.63, 3.8) is 0 Å². The molecule has 4 aliphatic rings. The van der Waals surface area contributed by atoms with Gasteiger partial charge in [0, 0.05) is 56.9 Å². The number of esters is 4. The molecule has 0 bridgehead atoms. The molecule has 0 amide bonds. The molecule has 4 atom stereocenters. The molecule has 0 aliphatic carbocycles. The van der Waals surface area contributed by atoms with E-state index in [0.717, 1.165) is 44.5 Å². The third-order valence-corrected chi connectivity index (χ3v) is 12.7. The van der Waals surface area contributed by atoms with Crippen LogP contribution in [0.4, 0.5) is 0 Å². The fourth-order valence-corrected chi connectivity index (χ4v) is 10.3. The highest BCUT2D eigenvalue weighted by molar-refractivity contribution is 6.29. The molecule has 0 spiro atoms. The molecule has 0 saturated heterocycles. The van der Waals surface area contributed by atoms with E-state index in [2.05, 4.69) is 44.9 Å². The zero-order valence-corrected chi connectivity index (χ0v) is 40.5. The predicted molar refractivity (Wildman–Crippen MR) is 252 cm³/mol. The van der Waals surface area contributed by atoms with Crippen LogP contribution in [0.25, 0.3) is 0 Å². The molecule has 16 heteroatoms. The van der Waals surface area contributed by atoms with Gasteiger partial charge < -0.3 is 44.0 Å². The molecule has 4 aromatic rings. The molecule has 0 fully saturated rings. The molecule has 4 aliphatic heterocycles. The molecule has 2 aromatic heterocycles. The number of carbonyl (C=O) groups excluding carboxylic acids is 4. The van der Waals surface area contributed by atoms with E-state index < -0.39 is 47.9 Å². The average molecular weight is 947 g/mol. The molecular weight excluding hydrogens is 892 g/mol. The fourth-order valence-electron chi connectivity index (χ4n) is 10.1. The summed E-state index contributed by atoms with van der Waals surface area (Å²) in [5, 5.41) is 6.82. The van der Waals surface area contributed by atoms with Gasteiger partial charge in [0.1, 0.15) is 17.4 Å². The second-order valence-corrected chi connectivity index (χ2v) is 17.6. The van der Waals surface area contributed by atoms with Crippen LogP contribution < -0.4 is 16.2 Å². The van der Waals surface area contributed by atoms with Crippen LogP contribution in [0.1, 0.15) is 92.5 Å². The summed E-state index contributed by atoms with van der Waals surface area (Å²) < 4.78 is 32.8. The number of hydrogen-bond acceptors (Lipinski definition) is 14. The number of hydrogen-bond donors (Lipinski definition) is 3. The minimum atomic E-state index is -0.829. The second-order valence-electron chi connectivity index (χ2n) is 17.3. The van der Waals surface area contributed by atoms with Gasteiger partial charge in [-0.25, -0.2) is 24.2 Å². The van der Waals surface area contributed by atoms with Crippen LogP contribution in [0.3, 0.4) is 0 Å². The number of carbonyl (C=O) groups is 4. The fraction of sp³-hybridized carbons (Fsp3) is 0.346. The number of pyridine rings is 2. The number of aryl methyl sites for hydroxylation is 6. The highest BCUT2D eigenvalue weighted by atomic mass is 35.5. The zero-order chi connectivity index (χ0) is 49.1. The molecule has 15 nitrogen and oxygen atoms in total. The van der Waals surface area contributed by atoms with Gasteiger partial charge in [-0.05, 0) is 104 Å². The van der Waals surface area contributed by atoms with Gasteiger partial charge in [-0.1, -0.05) is 47.0 Å². The molecule has 3 N–H and O–H groups in total. The Labute approximate surface area is 399 Å². The summed E-state index contributed by atoms with van der Waals surface area (Å²) in [5.41, 5.74) is 12.8. The van der Waals surface area contributed by atoms with E-state index in [9.17, 15) is 24.0 Å². The Morgan fingerprint density at radius 3 is 1.46 bits per heavy atom. The van der Waals surface area contributed by atoms with E-state index in [-0.39, 0.29) is 35.1 Å². The van der Waals surface area contributed by atoms with Gasteiger partial charge in [-0.2, -0.15) is 0 Å². The Hall–Kier alpha value is -6.81. The number of cyclic esters (lactones) is 2. The van der Waals surface area contributed by atoms with E-state index in [1.165, 1.54) is 33.6 Å². The maximum absolute atomic E-state index is 13.5. The standard InChI is InChI=1S/C26H27ClN2O5.C26H28N2O6/c1-13-8-14(2)21(15(3)9-13)19-11-17-23(26(31)34-19)22(16-6-7-28-20(27)10-16)24(25(30)33-5)18(29-17)12-32-4;1-13-8-14(2)21(15(3)9-13)19-11-17-23(26(31)34-19)22(16-6-7-27-20(29)10-16)24(25(30)33-5)18(28-17)12-32-4/h6-10,19,22,29H,11-12H2,1-5H3;6-10,19,22,28H,11-12H2,1-5H3,(H,27,29). The first-order chi connectivity index (χ1) is 32.5. The highest BCUT2D eigenvalue weighted by Crippen LogP contribution is 2.47. The minimum Gasteiger partial charge on any atom is -0.466 e. The number of dihydropyridines is 2. The van der Waals surface area contributed by atoms with E-state index >= 15 is 0 Å². The molecule has 4 unspecified atom stereocenters. The smallest absolute Gasteiger partial charge is 0.337 e. The van der Waals surface area contributed by atoms with Crippen molar-refractivity contribution in [2.24, 2.45) is 0 Å². The van der Waals surface area contributed by atoms with Gasteiger partial charge in [0.05, 0.1) is 73.0 Å². The summed E-state index contributed by atoms with van der Waals surface area (Å²) in [6, 6.07) is 14.7. The van der Waals surface area contributed by atoms with Crippen molar-refractivity contribution in [2.75, 3.05) is 41.7 Å². The minimum absolute atomic E-state index is 0.100. The number of benzene rings is 2. The van der Waals surface area contributed by atoms with Crippen LogP contribution in [0.2, 0.25) is 5.15 Å². The highest BCUT2D eigenvalue weighted by Gasteiger charge is 2.46. The number of rotatable bonds is 10. The van der Waals surface area contributed by atoms with Crippen LogP contribution in [0.5, 0.6) is 0 Å². The van der Waals surface area contributed by atoms with Gasteiger partial charge in [0.2, 0.25) is 5.56 Å². The van der Waals surface area contributed by atoms with E-state index in [4.69, 9.17) is 40.0 Å². The SMILES string of the molecule is COCC1=C(C(=O)OC)C(c2cc[nH]c(=O)c2)C2=C(CC(c3c(C)cc(C)cc3C)OC2=O)N1.COCC1=C(C(=O)OC)C(c2ccnc(Cl)c2)C2=C(CC(c3c(C)cc(C)cc3C)OC2=O)N1. The summed E-state index contributed by atoms with van der Waals surface area (Å²) in [7, 11) is 5.64. The Morgan fingerprint density at radius 1 is 0.647 bits per heavy atom. The molecule has 0 saturated carbocycles. The van der Waals surface area contributed by atoms with Gasteiger partial charge in [0.25, 0.3) is 0 Å². The van der Waals surface area contributed by atoms with Crippen LogP contribution in [0, 0.1) is 41.5 Å². The Kier molecular flexibility index (Phi) is 14.9. The van der Waals surface area contributed by atoms with Crippen molar-refractivity contribution in [2.45, 2.75) is 78.4 Å². The predicted octanol–water partition coefficient (Wildman–Crippen LogP) is 7.37. The van der Waals surface area contributed by atoms with E-state index in [1.54, 1.807) is 31.5 Å². The number of methoxy groups -OCH3 is 4. The second kappa shape index (κ2) is 20.6. The lowest BCUT2D eigenvalue weighted by Gasteiger charge is -2.37. The van der Waals surface area contributed by atoms with Gasteiger partial charge in [-0.3, -0.25) is 4.79 Å². The molecular formula is C52H55ClN4O11. The lowest BCUT2D eigenvalue weighted by atomic mass is 9.78. The summed E-state index contributed by atoms with van der Waals surface area (Å²) >= 11 is 6.17. The molecule has 2 aromatic carbocycles. The van der Waals surface area contributed by atoms with Crippen LogP contribution in [-0.4, -0.2) is 75.5 Å². The summed E-state index contributed by atoms with van der Waals surface area (Å²) in [5.74, 6) is -3.77. The number of ether oxygens (including phenoxy) is 6. The van der Waals surface area contributed by atoms with E-state index in [0.29, 0.717) is 57.9 Å². The Morgan fingerprint density at radius 2 is 1.07 bits per heavy atom. The molecule has 0 radical (unpaired) electrons. The molecule has 356 valence electrons. The molecule has 8 rings (SSSR count). The number of nitrogens with one attached hydrogen (secondary N) is 3. The van der Waals surface area contributed by atoms with Crippen LogP contribution >= 0.6 is 11.6 Å². The molecule has 68 heavy (non-hydrogen) atoms. The van der Waals surface area contributed by atoms with Crippen molar-refractivity contribution in [1.29, 1.82) is 0 Å². The van der Waals surface area contributed by atoms with Crippen molar-refractivity contribution in [1.82, 2.24) is 20.6 Å². The number of aromatic amines is 1. The number of nitrogens with zero attached hydrogens (tertiary/aromatic N) is 1. The van der Waals surface area contributed by atoms with Crippen molar-refractivity contribution in [3.05, 3.63) is 177 Å². The van der Waals surface area contributed by atoms with Crippen molar-refractivity contribution in [3.8, 4) is 0 Å². The van der Waals surface area contributed by atoms with Gasteiger partial charge >= 0.3 is 23.9 Å². The number of H-pyrrole nitrogens is 1. The molecule has 6 heterocycles. The van der Waals surface area contributed by atoms with Crippen LogP contribution in [-0.2, 0) is 47.6 Å². The first kappa shape index (κ1) is 49.1. The Bertz CT molecular complexity index is 2860. The summed E-state index contributed by atoms with van der Waals surface area (Å²) in [6.45, 7) is 12.4. The lowest BCUT2D eigenvalue weighted by Crippen LogP contribution is -2.39. The largest absolute Gasteiger partial charge is 0.466 e. The maximum atomic E-state index is 13.5. The maximum Gasteiger partial charge on any atom is 0.337 e. The normalized spacial score (nSPS) is 20.0. The van der Waals surface area contributed by atoms with Crippen LogP contribution in [0.15, 0.2) is 111 Å². The first-order valence-corrected chi connectivity index (χ1v) is 22.4. The third-order valence-electron chi connectivity index (χ3n) is 12.5. The average Bonchev–Trinajstić information content (AvgIpc) is 3.27. The summed E-state index contributed by atoms with van der Waals surface area (Å²) in [4.78, 5) is 71.5. The van der Waals surface area contributed by atoms with Crippen molar-refractivity contribution >= 4 is 35.5 Å². The lowest BCUT2D eigenvalue weighted by molar-refractivity contribution is -0.148. The third kappa shape index (κ3) is 9.78. The number of halogens is 1. The topological polar surface area (TPSA) is 193 Å². The quantitative estimate of drug-likeness (QED) is 0.0811. The van der Waals surface area contributed by atoms with E-state index in [1.807, 2.05) is 41.5 Å². The van der Waals surface area contributed by atoms with Gasteiger partial charge in [-0.15, -0.1) is 0 Å². The Balaban J connectivity index is 0.000000201. The zero-order valence-electron chi connectivity index (χ0n) is 39.7. The summed E-state index contributed by atoms with van der Waals surface area (Å²) in [6.07, 6.45) is 2.92.